The van der Waals surface area contributed by atoms with E-state index in [0.29, 0.717) is 11.8 Å². The lowest BCUT2D eigenvalue weighted by Crippen LogP contribution is -2.35. The van der Waals surface area contributed by atoms with Crippen molar-refractivity contribution in [1.29, 1.82) is 0 Å². The number of amides is 1. The molecule has 0 bridgehead atoms. The number of rotatable bonds is 5. The van der Waals surface area contributed by atoms with Gasteiger partial charge >= 0.3 is 0 Å². The van der Waals surface area contributed by atoms with E-state index in [1.807, 2.05) is 17.9 Å². The average Bonchev–Trinajstić information content (AvgIpc) is 3.17. The Bertz CT molecular complexity index is 491. The zero-order chi connectivity index (χ0) is 15.4. The molecule has 4 heteroatoms. The van der Waals surface area contributed by atoms with Gasteiger partial charge in [0, 0.05) is 26.1 Å². The van der Waals surface area contributed by atoms with Crippen LogP contribution in [-0.4, -0.2) is 41.9 Å². The summed E-state index contributed by atoms with van der Waals surface area (Å²) in [7, 11) is 0. The molecule has 3 rings (SSSR count). The Labute approximate surface area is 133 Å². The molecule has 0 aromatic carbocycles. The molecule has 1 aromatic rings. The summed E-state index contributed by atoms with van der Waals surface area (Å²) in [5, 5.41) is 0. The first-order chi connectivity index (χ1) is 10.7. The number of piperidine rings is 1. The molecule has 0 unspecified atom stereocenters. The van der Waals surface area contributed by atoms with Crippen LogP contribution in [0, 0.1) is 12.8 Å². The van der Waals surface area contributed by atoms with Gasteiger partial charge in [-0.05, 0) is 63.6 Å². The third-order valence-electron chi connectivity index (χ3n) is 5.00. The average molecular weight is 304 g/mol. The third kappa shape index (κ3) is 4.13. The second-order valence-electron chi connectivity index (χ2n) is 6.88. The fourth-order valence-corrected chi connectivity index (χ4v) is 3.77. The molecule has 0 aliphatic carbocycles. The van der Waals surface area contributed by atoms with Crippen molar-refractivity contribution in [2.75, 3.05) is 26.2 Å². The Morgan fingerprint density at radius 2 is 2.05 bits per heavy atom. The van der Waals surface area contributed by atoms with Gasteiger partial charge in [0.25, 0.3) is 0 Å². The van der Waals surface area contributed by atoms with Crippen LogP contribution in [0.15, 0.2) is 16.5 Å². The van der Waals surface area contributed by atoms with Gasteiger partial charge in [-0.2, -0.15) is 0 Å². The Morgan fingerprint density at radius 3 is 2.77 bits per heavy atom. The van der Waals surface area contributed by atoms with Crippen LogP contribution in [0.25, 0.3) is 0 Å². The van der Waals surface area contributed by atoms with Gasteiger partial charge in [0.15, 0.2) is 0 Å². The molecule has 2 fully saturated rings. The van der Waals surface area contributed by atoms with E-state index in [1.54, 1.807) is 0 Å². The number of likely N-dealkylation sites (tertiary alicyclic amines) is 2. The van der Waals surface area contributed by atoms with E-state index >= 15 is 0 Å². The number of furan rings is 1. The maximum Gasteiger partial charge on any atom is 0.222 e. The number of hydrogen-bond acceptors (Lipinski definition) is 3. The minimum absolute atomic E-state index is 0.372. The van der Waals surface area contributed by atoms with Gasteiger partial charge in [0.1, 0.15) is 11.5 Å². The quantitative estimate of drug-likeness (QED) is 0.838. The zero-order valence-corrected chi connectivity index (χ0v) is 13.7. The van der Waals surface area contributed by atoms with E-state index in [-0.39, 0.29) is 0 Å². The van der Waals surface area contributed by atoms with E-state index in [4.69, 9.17) is 4.42 Å². The van der Waals surface area contributed by atoms with Gasteiger partial charge in [-0.15, -0.1) is 0 Å². The summed E-state index contributed by atoms with van der Waals surface area (Å²) in [6.45, 7) is 7.11. The highest BCUT2D eigenvalue weighted by Gasteiger charge is 2.23. The minimum Gasteiger partial charge on any atom is -0.465 e. The lowest BCUT2D eigenvalue weighted by atomic mass is 9.93. The van der Waals surface area contributed by atoms with Gasteiger partial charge in [-0.1, -0.05) is 0 Å². The van der Waals surface area contributed by atoms with Crippen LogP contribution in [0.4, 0.5) is 0 Å². The molecule has 0 radical (unpaired) electrons. The lowest BCUT2D eigenvalue weighted by molar-refractivity contribution is -0.130. The zero-order valence-electron chi connectivity index (χ0n) is 13.7. The van der Waals surface area contributed by atoms with E-state index in [1.165, 1.54) is 25.7 Å². The van der Waals surface area contributed by atoms with Crippen molar-refractivity contribution in [2.45, 2.75) is 52.0 Å². The van der Waals surface area contributed by atoms with E-state index in [2.05, 4.69) is 11.0 Å². The highest BCUT2D eigenvalue weighted by Crippen LogP contribution is 2.23. The first-order valence-corrected chi connectivity index (χ1v) is 8.76. The molecule has 2 aliphatic heterocycles. The SMILES string of the molecule is Cc1ccc(CN2CCC[C@H](CCC(=O)N3CCCC3)C2)o1. The molecule has 2 saturated heterocycles. The van der Waals surface area contributed by atoms with Crippen LogP contribution >= 0.6 is 0 Å². The van der Waals surface area contributed by atoms with E-state index in [9.17, 15) is 4.79 Å². The molecule has 0 N–H and O–H groups in total. The van der Waals surface area contributed by atoms with Crippen molar-refractivity contribution < 1.29 is 9.21 Å². The Kier molecular flexibility index (Phi) is 5.19. The van der Waals surface area contributed by atoms with Crippen LogP contribution in [0.5, 0.6) is 0 Å². The number of nitrogens with zero attached hydrogens (tertiary/aromatic N) is 2. The van der Waals surface area contributed by atoms with Gasteiger partial charge in [-0.3, -0.25) is 9.69 Å². The smallest absolute Gasteiger partial charge is 0.222 e. The highest BCUT2D eigenvalue weighted by molar-refractivity contribution is 5.76. The Morgan fingerprint density at radius 1 is 1.23 bits per heavy atom. The lowest BCUT2D eigenvalue weighted by Gasteiger charge is -2.32. The topological polar surface area (TPSA) is 36.7 Å². The van der Waals surface area contributed by atoms with Gasteiger partial charge < -0.3 is 9.32 Å². The summed E-state index contributed by atoms with van der Waals surface area (Å²) in [4.78, 5) is 16.7. The summed E-state index contributed by atoms with van der Waals surface area (Å²) in [5.74, 6) is 3.08. The second-order valence-corrected chi connectivity index (χ2v) is 6.88. The van der Waals surface area contributed by atoms with Gasteiger partial charge in [0.2, 0.25) is 5.91 Å². The summed E-state index contributed by atoms with van der Waals surface area (Å²) in [5.41, 5.74) is 0. The molecule has 0 spiro atoms. The molecule has 1 amide bonds. The second kappa shape index (κ2) is 7.32. The standard InChI is InChI=1S/C18H28N2O2/c1-15-6-8-17(22-15)14-19-10-4-5-16(13-19)7-9-18(21)20-11-2-3-12-20/h6,8,16H,2-5,7,9-14H2,1H3/t16-/m1/s1. The van der Waals surface area contributed by atoms with Crippen molar-refractivity contribution in [3.05, 3.63) is 23.7 Å². The van der Waals surface area contributed by atoms with Crippen molar-refractivity contribution in [1.82, 2.24) is 9.80 Å². The largest absolute Gasteiger partial charge is 0.465 e. The summed E-state index contributed by atoms with van der Waals surface area (Å²) in [6.07, 6.45) is 6.65. The summed E-state index contributed by atoms with van der Waals surface area (Å²) >= 11 is 0. The minimum atomic E-state index is 0.372. The van der Waals surface area contributed by atoms with Gasteiger partial charge in [-0.25, -0.2) is 0 Å². The number of hydrogen-bond donors (Lipinski definition) is 0. The first kappa shape index (κ1) is 15.6. The number of aryl methyl sites for hydroxylation is 1. The van der Waals surface area contributed by atoms with Crippen molar-refractivity contribution in [3.8, 4) is 0 Å². The predicted molar refractivity (Wildman–Crippen MR) is 86.5 cm³/mol. The monoisotopic (exact) mass is 304 g/mol. The molecule has 1 aromatic heterocycles. The maximum atomic E-state index is 12.2. The Balaban J connectivity index is 1.43. The van der Waals surface area contributed by atoms with Crippen LogP contribution in [-0.2, 0) is 11.3 Å². The van der Waals surface area contributed by atoms with Crippen molar-refractivity contribution >= 4 is 5.91 Å². The first-order valence-electron chi connectivity index (χ1n) is 8.76. The van der Waals surface area contributed by atoms with Crippen LogP contribution < -0.4 is 0 Å². The van der Waals surface area contributed by atoms with Crippen molar-refractivity contribution in [2.24, 2.45) is 5.92 Å². The van der Waals surface area contributed by atoms with Crippen LogP contribution in [0.3, 0.4) is 0 Å². The van der Waals surface area contributed by atoms with Crippen molar-refractivity contribution in [3.63, 3.8) is 0 Å². The molecular weight excluding hydrogens is 276 g/mol. The number of carbonyl (C=O) groups excluding carboxylic acids is 1. The fourth-order valence-electron chi connectivity index (χ4n) is 3.77. The molecular formula is C18H28N2O2. The molecule has 2 aliphatic rings. The van der Waals surface area contributed by atoms with E-state index < -0.39 is 0 Å². The molecule has 122 valence electrons. The number of carbonyl (C=O) groups is 1. The highest BCUT2D eigenvalue weighted by atomic mass is 16.3. The fraction of sp³-hybridized carbons (Fsp3) is 0.722. The molecule has 0 saturated carbocycles. The van der Waals surface area contributed by atoms with Gasteiger partial charge in [0.05, 0.1) is 6.54 Å². The van der Waals surface area contributed by atoms with Crippen LogP contribution in [0.1, 0.15) is 50.0 Å². The van der Waals surface area contributed by atoms with Crippen LogP contribution in [0.2, 0.25) is 0 Å². The molecule has 4 nitrogen and oxygen atoms in total. The normalized spacial score (nSPS) is 23.1. The Hall–Kier alpha value is -1.29. The molecule has 22 heavy (non-hydrogen) atoms. The molecule has 1 atom stereocenters. The molecule has 3 heterocycles. The third-order valence-corrected chi connectivity index (χ3v) is 5.00. The summed E-state index contributed by atoms with van der Waals surface area (Å²) < 4.78 is 5.68. The maximum absolute atomic E-state index is 12.2. The van der Waals surface area contributed by atoms with E-state index in [0.717, 1.165) is 57.1 Å². The summed E-state index contributed by atoms with van der Waals surface area (Å²) in [6, 6.07) is 4.11. The predicted octanol–water partition coefficient (Wildman–Crippen LogP) is 3.20.